The van der Waals surface area contributed by atoms with Crippen molar-refractivity contribution in [3.05, 3.63) is 95.1 Å². The van der Waals surface area contributed by atoms with Crippen molar-refractivity contribution >= 4 is 29.7 Å². The maximum absolute atomic E-state index is 12.4. The molecule has 0 saturated heterocycles. The monoisotopic (exact) mass is 429 g/mol. The van der Waals surface area contributed by atoms with Crippen molar-refractivity contribution < 1.29 is 19.1 Å². The summed E-state index contributed by atoms with van der Waals surface area (Å²) in [5.41, 5.74) is 5.51. The van der Waals surface area contributed by atoms with Gasteiger partial charge in [-0.1, -0.05) is 55.0 Å². The van der Waals surface area contributed by atoms with Crippen molar-refractivity contribution in [2.45, 2.75) is 20.3 Å². The van der Waals surface area contributed by atoms with Gasteiger partial charge in [0.25, 0.3) is 0 Å². The van der Waals surface area contributed by atoms with Gasteiger partial charge in [-0.15, -0.1) is 0 Å². The standard InChI is InChI=1S/C25H23N3O4/c1-3-18-10-4-6-13-21(18)27-23(29)24(30)28-26-16-20-11-5-7-14-22(20)32-25(31)19-12-8-9-17(2)15-19/h4-16H,3H2,1-2H3,(H,27,29)(H,28,30)/b26-16+. The summed E-state index contributed by atoms with van der Waals surface area (Å²) in [6, 6.07) is 21.0. The number of amides is 2. The van der Waals surface area contributed by atoms with Crippen molar-refractivity contribution in [3.8, 4) is 5.75 Å². The van der Waals surface area contributed by atoms with Crippen LogP contribution in [-0.2, 0) is 16.0 Å². The summed E-state index contributed by atoms with van der Waals surface area (Å²) in [4.78, 5) is 36.7. The van der Waals surface area contributed by atoms with Crippen LogP contribution in [0, 0.1) is 6.92 Å². The van der Waals surface area contributed by atoms with Crippen LogP contribution in [0.3, 0.4) is 0 Å². The number of esters is 1. The number of rotatable bonds is 6. The Balaban J connectivity index is 1.63. The number of ether oxygens (including phenoxy) is 1. The number of hydrazone groups is 1. The minimum absolute atomic E-state index is 0.276. The third kappa shape index (κ3) is 5.89. The lowest BCUT2D eigenvalue weighted by atomic mass is 10.1. The van der Waals surface area contributed by atoms with E-state index < -0.39 is 17.8 Å². The number of anilines is 1. The molecule has 2 N–H and O–H groups in total. The maximum atomic E-state index is 12.4. The summed E-state index contributed by atoms with van der Waals surface area (Å²) in [5.74, 6) is -1.98. The Labute approximate surface area is 186 Å². The zero-order valence-electron chi connectivity index (χ0n) is 17.8. The molecule has 162 valence electrons. The summed E-state index contributed by atoms with van der Waals surface area (Å²) in [5, 5.41) is 6.40. The van der Waals surface area contributed by atoms with E-state index in [1.54, 1.807) is 54.6 Å². The number of carbonyl (C=O) groups excluding carboxylic acids is 3. The summed E-state index contributed by atoms with van der Waals surface area (Å²) < 4.78 is 5.47. The second-order valence-electron chi connectivity index (χ2n) is 6.96. The van der Waals surface area contributed by atoms with Crippen molar-refractivity contribution in [1.29, 1.82) is 0 Å². The second kappa shape index (κ2) is 10.7. The summed E-state index contributed by atoms with van der Waals surface area (Å²) in [6.45, 7) is 3.84. The molecule has 0 heterocycles. The molecule has 0 radical (unpaired) electrons. The first-order valence-electron chi connectivity index (χ1n) is 10.1. The van der Waals surface area contributed by atoms with Crippen LogP contribution in [0.4, 0.5) is 5.69 Å². The van der Waals surface area contributed by atoms with Crippen LogP contribution < -0.4 is 15.5 Å². The van der Waals surface area contributed by atoms with Crippen LogP contribution in [0.15, 0.2) is 77.9 Å². The Bertz CT molecular complexity index is 1170. The van der Waals surface area contributed by atoms with Gasteiger partial charge in [-0.2, -0.15) is 5.10 Å². The van der Waals surface area contributed by atoms with E-state index >= 15 is 0 Å². The van der Waals surface area contributed by atoms with E-state index in [-0.39, 0.29) is 5.75 Å². The topological polar surface area (TPSA) is 96.9 Å². The van der Waals surface area contributed by atoms with Gasteiger partial charge in [-0.25, -0.2) is 10.2 Å². The lowest BCUT2D eigenvalue weighted by molar-refractivity contribution is -0.136. The largest absolute Gasteiger partial charge is 0.422 e. The van der Waals surface area contributed by atoms with Gasteiger partial charge in [0.2, 0.25) is 0 Å². The molecule has 7 heteroatoms. The van der Waals surface area contributed by atoms with E-state index in [0.29, 0.717) is 23.2 Å². The average Bonchev–Trinajstić information content (AvgIpc) is 2.80. The number of hydrogen-bond donors (Lipinski definition) is 2. The minimum atomic E-state index is -0.915. The third-order valence-corrected chi connectivity index (χ3v) is 4.60. The molecule has 3 aromatic rings. The van der Waals surface area contributed by atoms with Crippen molar-refractivity contribution in [1.82, 2.24) is 5.43 Å². The van der Waals surface area contributed by atoms with Gasteiger partial charge in [0.05, 0.1) is 11.8 Å². The highest BCUT2D eigenvalue weighted by atomic mass is 16.5. The van der Waals surface area contributed by atoms with Crippen LogP contribution in [0.2, 0.25) is 0 Å². The van der Waals surface area contributed by atoms with Gasteiger partial charge < -0.3 is 10.1 Å². The van der Waals surface area contributed by atoms with E-state index in [4.69, 9.17) is 4.74 Å². The first-order valence-corrected chi connectivity index (χ1v) is 10.1. The van der Waals surface area contributed by atoms with Gasteiger partial charge in [-0.05, 0) is 49.2 Å². The first-order chi connectivity index (χ1) is 15.5. The quantitative estimate of drug-likeness (QED) is 0.204. The van der Waals surface area contributed by atoms with Gasteiger partial charge in [-0.3, -0.25) is 9.59 Å². The zero-order valence-corrected chi connectivity index (χ0v) is 17.8. The number of carbonyl (C=O) groups is 3. The van der Waals surface area contributed by atoms with Gasteiger partial charge >= 0.3 is 17.8 Å². The van der Waals surface area contributed by atoms with E-state index in [1.807, 2.05) is 32.0 Å². The fourth-order valence-corrected chi connectivity index (χ4v) is 2.95. The predicted octanol–water partition coefficient (Wildman–Crippen LogP) is 3.87. The molecule has 3 aromatic carbocycles. The van der Waals surface area contributed by atoms with Crippen LogP contribution >= 0.6 is 0 Å². The van der Waals surface area contributed by atoms with Crippen molar-refractivity contribution in [3.63, 3.8) is 0 Å². The summed E-state index contributed by atoms with van der Waals surface area (Å²) in [6.07, 6.45) is 2.03. The minimum Gasteiger partial charge on any atom is -0.422 e. The highest BCUT2D eigenvalue weighted by Gasteiger charge is 2.15. The SMILES string of the molecule is CCc1ccccc1NC(=O)C(=O)N/N=C/c1ccccc1OC(=O)c1cccc(C)c1. The van der Waals surface area contributed by atoms with Crippen molar-refractivity contribution in [2.24, 2.45) is 5.10 Å². The second-order valence-corrected chi connectivity index (χ2v) is 6.96. The van der Waals surface area contributed by atoms with Crippen LogP contribution in [0.5, 0.6) is 5.75 Å². The Kier molecular flexibility index (Phi) is 7.48. The Morgan fingerprint density at radius 2 is 1.69 bits per heavy atom. The first kappa shape index (κ1) is 22.4. The zero-order chi connectivity index (χ0) is 22.9. The molecule has 0 aromatic heterocycles. The molecule has 2 amide bonds. The Morgan fingerprint density at radius 1 is 0.938 bits per heavy atom. The highest BCUT2D eigenvalue weighted by molar-refractivity contribution is 6.39. The van der Waals surface area contributed by atoms with Crippen LogP contribution in [-0.4, -0.2) is 24.0 Å². The molecule has 7 nitrogen and oxygen atoms in total. The lowest BCUT2D eigenvalue weighted by Gasteiger charge is -2.09. The number of para-hydroxylation sites is 2. The molecule has 0 fully saturated rings. The van der Waals surface area contributed by atoms with E-state index in [1.165, 1.54) is 6.21 Å². The van der Waals surface area contributed by atoms with E-state index in [0.717, 1.165) is 11.1 Å². The molecule has 3 rings (SSSR count). The number of nitrogens with zero attached hydrogens (tertiary/aromatic N) is 1. The summed E-state index contributed by atoms with van der Waals surface area (Å²) in [7, 11) is 0. The predicted molar refractivity (Wildman–Crippen MR) is 123 cm³/mol. The molecule has 0 aliphatic heterocycles. The van der Waals surface area contributed by atoms with E-state index in [9.17, 15) is 14.4 Å². The maximum Gasteiger partial charge on any atom is 0.343 e. The van der Waals surface area contributed by atoms with Gasteiger partial charge in [0.1, 0.15) is 5.75 Å². The van der Waals surface area contributed by atoms with Crippen molar-refractivity contribution in [2.75, 3.05) is 5.32 Å². The number of nitrogens with one attached hydrogen (secondary N) is 2. The van der Waals surface area contributed by atoms with Gasteiger partial charge in [0.15, 0.2) is 0 Å². The lowest BCUT2D eigenvalue weighted by Crippen LogP contribution is -2.32. The third-order valence-electron chi connectivity index (χ3n) is 4.60. The van der Waals surface area contributed by atoms with Gasteiger partial charge in [0, 0.05) is 11.3 Å². The number of aryl methyl sites for hydroxylation is 2. The fourth-order valence-electron chi connectivity index (χ4n) is 2.95. The average molecular weight is 429 g/mol. The van der Waals surface area contributed by atoms with E-state index in [2.05, 4.69) is 15.8 Å². The summed E-state index contributed by atoms with van der Waals surface area (Å²) >= 11 is 0. The molecule has 0 unspecified atom stereocenters. The smallest absolute Gasteiger partial charge is 0.343 e. The number of benzene rings is 3. The molecule has 0 bridgehead atoms. The normalized spacial score (nSPS) is 10.6. The molecule has 0 aliphatic carbocycles. The Hall–Kier alpha value is -4.26. The highest BCUT2D eigenvalue weighted by Crippen LogP contribution is 2.18. The van der Waals surface area contributed by atoms with Crippen LogP contribution in [0.1, 0.15) is 34.0 Å². The molecular weight excluding hydrogens is 406 g/mol. The fraction of sp³-hybridized carbons (Fsp3) is 0.120. The molecular formula is C25H23N3O4. The number of hydrogen-bond acceptors (Lipinski definition) is 5. The molecule has 32 heavy (non-hydrogen) atoms. The molecule has 0 atom stereocenters. The molecule has 0 spiro atoms. The molecule has 0 saturated carbocycles. The van der Waals surface area contributed by atoms with Crippen LogP contribution in [0.25, 0.3) is 0 Å². The Morgan fingerprint density at radius 3 is 2.47 bits per heavy atom. The molecule has 0 aliphatic rings.